The highest BCUT2D eigenvalue weighted by Gasteiger charge is 2.26. The van der Waals surface area contributed by atoms with Crippen LogP contribution in [-0.4, -0.2) is 104 Å². The molecule has 6 heterocycles. The predicted molar refractivity (Wildman–Crippen MR) is 321 cm³/mol. The standard InChI is InChI=1S/C29H34N4O5S.C20H22N2O2.C14H13N3.ClH/c1-21-16-25(37-5)17-22(2)29(21)39(35,36)32(4)14-15-38-20-28(34)31(3)18-23-9-11-24(12-10-23)26-19-33-13-7-6-8-27(33)30-26;1-20(2,3)24-19(23)12-9-15-7-10-16(11-8-15)17-14-22-13-5-4-6-18(22)21-17;15-9-11-4-6-12(7-5-11)13-10-17-8-2-1-3-14(17)16-13;/h6-13,16-17,19H,14-15,18,20H2,1-5H3;4-8,10-11,13-14H,9,12H2,1-3H3;1-8,10H,9,15H2;1H. The summed E-state index contributed by atoms with van der Waals surface area (Å²) in [5.74, 6) is 0.263. The van der Waals surface area contributed by atoms with E-state index in [0.717, 1.165) is 67.4 Å². The van der Waals surface area contributed by atoms with E-state index in [1.54, 1.807) is 45.0 Å². The van der Waals surface area contributed by atoms with Crippen molar-refractivity contribution < 1.29 is 32.2 Å². The van der Waals surface area contributed by atoms with Gasteiger partial charge in [-0.05, 0) is 117 Å². The SMILES string of the molecule is CC(C)(C)OC(=O)CCc1ccc(-c2cn3ccccc3n2)cc1.COc1cc(C)c(S(=O)(=O)N(C)CCOCC(=O)N(C)Cc2ccc(-c3cn4ccccc4n3)cc2)c(C)c1.Cl.NCc1ccc(-c2cn3ccccc3n2)cc1. The third-order valence-electron chi connectivity index (χ3n) is 13.1. The Morgan fingerprint density at radius 2 is 1.06 bits per heavy atom. The molecule has 0 unspecified atom stereocenters. The van der Waals surface area contributed by atoms with Crippen molar-refractivity contribution in [1.29, 1.82) is 0 Å². The Kier molecular flexibility index (Phi) is 20.4. The molecule has 0 aliphatic rings. The molecule has 0 saturated carbocycles. The molecule has 6 aromatic heterocycles. The molecule has 0 aliphatic carbocycles. The van der Waals surface area contributed by atoms with Crippen molar-refractivity contribution in [2.24, 2.45) is 5.73 Å². The normalized spacial score (nSPS) is 11.4. The fourth-order valence-corrected chi connectivity index (χ4v) is 10.4. The highest BCUT2D eigenvalue weighted by Crippen LogP contribution is 2.28. The number of aromatic nitrogens is 6. The summed E-state index contributed by atoms with van der Waals surface area (Å²) in [4.78, 5) is 40.0. The van der Waals surface area contributed by atoms with Crippen molar-refractivity contribution in [2.75, 3.05) is 41.0 Å². The van der Waals surface area contributed by atoms with E-state index in [1.807, 2.05) is 186 Å². The number of esters is 1. The number of hydrogen-bond donors (Lipinski definition) is 1. The zero-order valence-corrected chi connectivity index (χ0v) is 48.7. The lowest BCUT2D eigenvalue weighted by Crippen LogP contribution is -2.33. The van der Waals surface area contributed by atoms with Gasteiger partial charge in [-0.2, -0.15) is 4.31 Å². The molecular weight excluding hydrogens is 1060 g/mol. The number of rotatable bonds is 17. The lowest BCUT2D eigenvalue weighted by atomic mass is 10.1. The predicted octanol–water partition coefficient (Wildman–Crippen LogP) is 11.1. The van der Waals surface area contributed by atoms with Crippen molar-refractivity contribution in [3.05, 3.63) is 205 Å². The maximum absolute atomic E-state index is 13.1. The summed E-state index contributed by atoms with van der Waals surface area (Å²) in [6.07, 6.45) is 13.1. The summed E-state index contributed by atoms with van der Waals surface area (Å²) >= 11 is 0. The van der Waals surface area contributed by atoms with E-state index in [0.29, 0.717) is 42.8 Å². The van der Waals surface area contributed by atoms with Crippen LogP contribution in [0.15, 0.2) is 182 Å². The van der Waals surface area contributed by atoms with Gasteiger partial charge < -0.3 is 38.0 Å². The van der Waals surface area contributed by atoms with Gasteiger partial charge in [-0.1, -0.05) is 91.0 Å². The second-order valence-electron chi connectivity index (χ2n) is 20.4. The molecule has 81 heavy (non-hydrogen) atoms. The van der Waals surface area contributed by atoms with Gasteiger partial charge in [-0.3, -0.25) is 9.59 Å². The second-order valence-corrected chi connectivity index (χ2v) is 22.4. The number of ether oxygens (including phenoxy) is 3. The Labute approximate surface area is 480 Å². The molecule has 18 heteroatoms. The minimum absolute atomic E-state index is 0. The fourth-order valence-electron chi connectivity index (χ4n) is 8.83. The molecule has 0 aliphatic heterocycles. The van der Waals surface area contributed by atoms with Crippen molar-refractivity contribution >= 4 is 51.2 Å². The maximum atomic E-state index is 13.1. The second kappa shape index (κ2) is 27.3. The highest BCUT2D eigenvalue weighted by atomic mass is 35.5. The zero-order valence-electron chi connectivity index (χ0n) is 47.0. The van der Waals surface area contributed by atoms with Gasteiger partial charge in [0.1, 0.15) is 34.9 Å². The van der Waals surface area contributed by atoms with Crippen LogP contribution in [0, 0.1) is 13.8 Å². The Morgan fingerprint density at radius 3 is 1.47 bits per heavy atom. The van der Waals surface area contributed by atoms with Crippen LogP contribution >= 0.6 is 12.4 Å². The van der Waals surface area contributed by atoms with Crippen molar-refractivity contribution in [1.82, 2.24) is 37.4 Å². The topological polar surface area (TPSA) is 180 Å². The number of carbonyl (C=O) groups is 2. The molecule has 1 amide bonds. The number of aryl methyl sites for hydroxylation is 3. The number of sulfonamides is 1. The van der Waals surface area contributed by atoms with Crippen molar-refractivity contribution in [3.8, 4) is 39.5 Å². The molecule has 10 rings (SSSR count). The molecule has 0 spiro atoms. The average Bonchev–Trinajstić information content (AvgIpc) is 4.24. The molecule has 0 fully saturated rings. The first-order chi connectivity index (χ1) is 38.4. The first-order valence-electron chi connectivity index (χ1n) is 26.3. The van der Waals surface area contributed by atoms with Crippen molar-refractivity contribution in [3.63, 3.8) is 0 Å². The molecule has 0 saturated heterocycles. The summed E-state index contributed by atoms with van der Waals surface area (Å²) < 4.78 is 49.6. The fraction of sp³-hybridized carbons (Fsp3) is 0.254. The van der Waals surface area contributed by atoms with Crippen LogP contribution in [0.25, 0.3) is 50.7 Å². The van der Waals surface area contributed by atoms with E-state index in [4.69, 9.17) is 19.9 Å². The lowest BCUT2D eigenvalue weighted by Gasteiger charge is -2.21. The lowest BCUT2D eigenvalue weighted by molar-refractivity contribution is -0.154. The third-order valence-corrected chi connectivity index (χ3v) is 15.2. The molecule has 0 radical (unpaired) electrons. The van der Waals surface area contributed by atoms with E-state index >= 15 is 0 Å². The summed E-state index contributed by atoms with van der Waals surface area (Å²) in [5, 5.41) is 0. The number of hydrogen-bond acceptors (Lipinski definition) is 11. The monoisotopic (exact) mass is 1130 g/mol. The van der Waals surface area contributed by atoms with Crippen LogP contribution in [0.3, 0.4) is 0 Å². The van der Waals surface area contributed by atoms with Gasteiger partial charge in [0.2, 0.25) is 15.9 Å². The van der Waals surface area contributed by atoms with Gasteiger partial charge in [0.25, 0.3) is 0 Å². The van der Waals surface area contributed by atoms with E-state index < -0.39 is 15.6 Å². The summed E-state index contributed by atoms with van der Waals surface area (Å²) in [6, 6.07) is 45.5. The first kappa shape index (κ1) is 60.5. The number of nitrogens with two attached hydrogens (primary N) is 1. The number of halogens is 1. The van der Waals surface area contributed by atoms with Gasteiger partial charge in [0.05, 0.1) is 35.7 Å². The van der Waals surface area contributed by atoms with Gasteiger partial charge in [-0.15, -0.1) is 12.4 Å². The number of nitrogens with zero attached hydrogens (tertiary/aromatic N) is 8. The van der Waals surface area contributed by atoms with Crippen LogP contribution in [0.4, 0.5) is 0 Å². The van der Waals surface area contributed by atoms with Crippen LogP contribution in [0.1, 0.15) is 55.0 Å². The first-order valence-corrected chi connectivity index (χ1v) is 27.8. The number of pyridine rings is 3. The van der Waals surface area contributed by atoms with Gasteiger partial charge in [0, 0.05) is 94.0 Å². The van der Waals surface area contributed by atoms with E-state index in [9.17, 15) is 18.0 Å². The third kappa shape index (κ3) is 16.0. The van der Waals surface area contributed by atoms with E-state index in [1.165, 1.54) is 11.4 Å². The maximum Gasteiger partial charge on any atom is 0.306 e. The summed E-state index contributed by atoms with van der Waals surface area (Å²) in [6.45, 7) is 10.2. The summed E-state index contributed by atoms with van der Waals surface area (Å²) in [5.41, 5.74) is 18.4. The highest BCUT2D eigenvalue weighted by molar-refractivity contribution is 7.89. The zero-order chi connectivity index (χ0) is 57.0. The Balaban J connectivity index is 0.000000191. The number of fused-ring (bicyclic) bond motifs is 3. The molecule has 16 nitrogen and oxygen atoms in total. The molecule has 10 aromatic rings. The molecule has 4 aromatic carbocycles. The largest absolute Gasteiger partial charge is 0.497 e. The van der Waals surface area contributed by atoms with E-state index in [2.05, 4.69) is 27.1 Å². The smallest absolute Gasteiger partial charge is 0.306 e. The molecule has 0 bridgehead atoms. The number of imidazole rings is 3. The van der Waals surface area contributed by atoms with Crippen LogP contribution < -0.4 is 10.5 Å². The Morgan fingerprint density at radius 1 is 0.630 bits per heavy atom. The van der Waals surface area contributed by atoms with Gasteiger partial charge >= 0.3 is 5.97 Å². The average molecular weight is 1130 g/mol. The number of amides is 1. The van der Waals surface area contributed by atoms with Crippen molar-refractivity contribution in [2.45, 2.75) is 71.0 Å². The van der Waals surface area contributed by atoms with Crippen LogP contribution in [0.5, 0.6) is 5.75 Å². The van der Waals surface area contributed by atoms with Gasteiger partial charge in [-0.25, -0.2) is 23.4 Å². The Hall–Kier alpha value is -8.19. The van der Waals surface area contributed by atoms with E-state index in [-0.39, 0.29) is 48.9 Å². The molecule has 2 N–H and O–H groups in total. The van der Waals surface area contributed by atoms with Crippen LogP contribution in [-0.2, 0) is 48.6 Å². The number of methoxy groups -OCH3 is 1. The molecule has 422 valence electrons. The molecular formula is C63H70ClN9O7S. The molecule has 0 atom stereocenters. The van der Waals surface area contributed by atoms with Gasteiger partial charge in [0.15, 0.2) is 0 Å². The number of carbonyl (C=O) groups excluding carboxylic acids is 2. The Bertz CT molecular complexity index is 3690. The number of likely N-dealkylation sites (N-methyl/N-ethyl adjacent to an activating group) is 2. The van der Waals surface area contributed by atoms with Crippen LogP contribution in [0.2, 0.25) is 0 Å². The number of benzene rings is 4. The minimum atomic E-state index is -3.72. The minimum Gasteiger partial charge on any atom is -0.497 e. The quantitative estimate of drug-likeness (QED) is 0.0677. The summed E-state index contributed by atoms with van der Waals surface area (Å²) in [7, 11) is 1.05.